The van der Waals surface area contributed by atoms with Gasteiger partial charge in [0.25, 0.3) is 11.5 Å². The third-order valence-electron chi connectivity index (χ3n) is 6.94. The van der Waals surface area contributed by atoms with Crippen molar-refractivity contribution in [1.29, 1.82) is 0 Å². The molecule has 1 spiro atoms. The lowest BCUT2D eigenvalue weighted by atomic mass is 9.59. The van der Waals surface area contributed by atoms with Crippen LogP contribution in [0.1, 0.15) is 48.2 Å². The molecule has 1 aliphatic carbocycles. The smallest absolute Gasteiger partial charge is 0.270 e. The summed E-state index contributed by atoms with van der Waals surface area (Å²) >= 11 is 0. The van der Waals surface area contributed by atoms with Gasteiger partial charge in [0.2, 0.25) is 5.91 Å². The maximum Gasteiger partial charge on any atom is 0.270 e. The standard InChI is InChI=1S/C24H29N3O3/c1-26-19(8-5-9-22(26)29)23(30)27-16-14-24(15-17-27)13-12-20(24)25-21(28)11-10-18-6-3-2-4-7-18/h2-9,20H,10-17H2,1H3,(H,25,28). The van der Waals surface area contributed by atoms with Crippen LogP contribution in [0.25, 0.3) is 0 Å². The van der Waals surface area contributed by atoms with E-state index in [0.29, 0.717) is 25.2 Å². The van der Waals surface area contributed by atoms with Crippen LogP contribution in [0.4, 0.5) is 0 Å². The summed E-state index contributed by atoms with van der Waals surface area (Å²) < 4.78 is 1.41. The van der Waals surface area contributed by atoms with Crippen LogP contribution in [-0.4, -0.2) is 40.4 Å². The number of aromatic nitrogens is 1. The van der Waals surface area contributed by atoms with Crippen molar-refractivity contribution in [2.45, 2.75) is 44.6 Å². The summed E-state index contributed by atoms with van der Waals surface area (Å²) in [7, 11) is 1.63. The topological polar surface area (TPSA) is 71.4 Å². The predicted molar refractivity (Wildman–Crippen MR) is 115 cm³/mol. The fourth-order valence-corrected chi connectivity index (χ4v) is 4.79. The van der Waals surface area contributed by atoms with Crippen LogP contribution in [0.5, 0.6) is 0 Å². The first-order chi connectivity index (χ1) is 14.5. The van der Waals surface area contributed by atoms with E-state index in [2.05, 4.69) is 5.32 Å². The molecule has 2 fully saturated rings. The number of carbonyl (C=O) groups excluding carboxylic acids is 2. The third kappa shape index (κ3) is 4.04. The Bertz CT molecular complexity index is 975. The van der Waals surface area contributed by atoms with Crippen LogP contribution in [0.3, 0.4) is 0 Å². The van der Waals surface area contributed by atoms with E-state index in [1.807, 2.05) is 35.2 Å². The first-order valence-corrected chi connectivity index (χ1v) is 10.8. The van der Waals surface area contributed by atoms with E-state index in [9.17, 15) is 14.4 Å². The number of nitrogens with zero attached hydrogens (tertiary/aromatic N) is 2. The molecule has 158 valence electrons. The van der Waals surface area contributed by atoms with E-state index in [1.54, 1.807) is 19.2 Å². The number of nitrogens with one attached hydrogen (secondary N) is 1. The maximum atomic E-state index is 12.9. The average molecular weight is 408 g/mol. The lowest BCUT2D eigenvalue weighted by Crippen LogP contribution is -2.59. The fourth-order valence-electron chi connectivity index (χ4n) is 4.79. The Kier molecular flexibility index (Phi) is 5.75. The van der Waals surface area contributed by atoms with Crippen molar-refractivity contribution in [2.75, 3.05) is 13.1 Å². The number of benzene rings is 1. The Hall–Kier alpha value is -2.89. The van der Waals surface area contributed by atoms with Gasteiger partial charge >= 0.3 is 0 Å². The van der Waals surface area contributed by atoms with Gasteiger partial charge in [-0.25, -0.2) is 0 Å². The number of rotatable bonds is 5. The number of likely N-dealkylation sites (tertiary alicyclic amines) is 1. The molecule has 1 aromatic carbocycles. The normalized spacial score (nSPS) is 19.9. The Balaban J connectivity index is 1.30. The molecule has 1 saturated carbocycles. The van der Waals surface area contributed by atoms with Gasteiger partial charge in [0.1, 0.15) is 5.69 Å². The highest BCUT2D eigenvalue weighted by molar-refractivity contribution is 5.92. The van der Waals surface area contributed by atoms with E-state index in [1.165, 1.54) is 16.2 Å². The highest BCUT2D eigenvalue weighted by Crippen LogP contribution is 2.49. The Morgan fingerprint density at radius 1 is 1.03 bits per heavy atom. The Labute approximate surface area is 176 Å². The van der Waals surface area contributed by atoms with Crippen molar-refractivity contribution < 1.29 is 9.59 Å². The SMILES string of the molecule is Cn1c(C(=O)N2CCC3(CCC3NC(=O)CCc3ccccc3)CC2)cccc1=O. The highest BCUT2D eigenvalue weighted by Gasteiger charge is 2.49. The van der Waals surface area contributed by atoms with Crippen LogP contribution in [0.15, 0.2) is 53.3 Å². The lowest BCUT2D eigenvalue weighted by Gasteiger charge is -2.54. The van der Waals surface area contributed by atoms with E-state index >= 15 is 0 Å². The molecule has 2 amide bonds. The number of piperidine rings is 1. The van der Waals surface area contributed by atoms with Crippen LogP contribution in [0, 0.1) is 5.41 Å². The summed E-state index contributed by atoms with van der Waals surface area (Å²) in [5, 5.41) is 3.25. The van der Waals surface area contributed by atoms with Gasteiger partial charge in [0.15, 0.2) is 0 Å². The number of amides is 2. The molecule has 1 aromatic heterocycles. The van der Waals surface area contributed by atoms with Gasteiger partial charge in [0.05, 0.1) is 0 Å². The van der Waals surface area contributed by atoms with Gasteiger partial charge in [-0.15, -0.1) is 0 Å². The summed E-state index contributed by atoms with van der Waals surface area (Å²) in [5.74, 6) is 0.0218. The van der Waals surface area contributed by atoms with Crippen molar-refractivity contribution in [3.63, 3.8) is 0 Å². The lowest BCUT2D eigenvalue weighted by molar-refractivity contribution is -0.125. The predicted octanol–water partition coefficient (Wildman–Crippen LogP) is 2.52. The summed E-state index contributed by atoms with van der Waals surface area (Å²) in [6.45, 7) is 1.33. The van der Waals surface area contributed by atoms with Crippen molar-refractivity contribution >= 4 is 11.8 Å². The molecule has 6 nitrogen and oxygen atoms in total. The minimum Gasteiger partial charge on any atom is -0.353 e. The summed E-state index contributed by atoms with van der Waals surface area (Å²) in [4.78, 5) is 39.0. The molecule has 2 aliphatic rings. The number of aryl methyl sites for hydroxylation is 1. The van der Waals surface area contributed by atoms with Crippen LogP contribution < -0.4 is 10.9 Å². The summed E-state index contributed by atoms with van der Waals surface area (Å²) in [5.41, 5.74) is 1.55. The maximum absolute atomic E-state index is 12.9. The number of hydrogen-bond acceptors (Lipinski definition) is 3. The van der Waals surface area contributed by atoms with Crippen molar-refractivity contribution in [1.82, 2.24) is 14.8 Å². The minimum absolute atomic E-state index is 0.0900. The van der Waals surface area contributed by atoms with Crippen LogP contribution in [-0.2, 0) is 18.3 Å². The molecule has 1 atom stereocenters. The molecule has 1 N–H and O–H groups in total. The van der Waals surface area contributed by atoms with E-state index in [0.717, 1.165) is 32.1 Å². The number of hydrogen-bond donors (Lipinski definition) is 1. The number of carbonyl (C=O) groups is 2. The first-order valence-electron chi connectivity index (χ1n) is 10.8. The highest BCUT2D eigenvalue weighted by atomic mass is 16.2. The Morgan fingerprint density at radius 2 is 1.77 bits per heavy atom. The Morgan fingerprint density at radius 3 is 2.43 bits per heavy atom. The van der Waals surface area contributed by atoms with E-state index in [-0.39, 0.29) is 28.8 Å². The summed E-state index contributed by atoms with van der Waals surface area (Å²) in [6.07, 6.45) is 5.15. The molecule has 0 bridgehead atoms. The molecule has 1 saturated heterocycles. The second kappa shape index (κ2) is 8.46. The molecule has 2 aromatic rings. The monoisotopic (exact) mass is 407 g/mol. The molecule has 0 radical (unpaired) electrons. The largest absolute Gasteiger partial charge is 0.353 e. The van der Waals surface area contributed by atoms with E-state index in [4.69, 9.17) is 0 Å². The molecule has 1 unspecified atom stereocenters. The molecule has 1 aliphatic heterocycles. The van der Waals surface area contributed by atoms with Gasteiger partial charge in [-0.1, -0.05) is 36.4 Å². The van der Waals surface area contributed by atoms with E-state index < -0.39 is 0 Å². The van der Waals surface area contributed by atoms with Crippen LogP contribution in [0.2, 0.25) is 0 Å². The first kappa shape index (κ1) is 20.4. The minimum atomic E-state index is -0.174. The molecular weight excluding hydrogens is 378 g/mol. The second-order valence-electron chi connectivity index (χ2n) is 8.61. The van der Waals surface area contributed by atoms with Gasteiger partial charge in [-0.2, -0.15) is 0 Å². The third-order valence-corrected chi connectivity index (χ3v) is 6.94. The van der Waals surface area contributed by atoms with Crippen molar-refractivity contribution in [3.05, 3.63) is 70.1 Å². The van der Waals surface area contributed by atoms with Crippen molar-refractivity contribution in [3.8, 4) is 0 Å². The molecular formula is C24H29N3O3. The zero-order valence-electron chi connectivity index (χ0n) is 17.5. The number of pyridine rings is 1. The molecule has 4 rings (SSSR count). The zero-order valence-corrected chi connectivity index (χ0v) is 17.5. The fraction of sp³-hybridized carbons (Fsp3) is 0.458. The van der Waals surface area contributed by atoms with Gasteiger partial charge in [-0.05, 0) is 49.1 Å². The average Bonchev–Trinajstić information content (AvgIpc) is 2.77. The molecule has 2 heterocycles. The molecule has 6 heteroatoms. The van der Waals surface area contributed by atoms with Gasteiger partial charge in [-0.3, -0.25) is 14.4 Å². The zero-order chi connectivity index (χ0) is 21.1. The van der Waals surface area contributed by atoms with Gasteiger partial charge in [0, 0.05) is 38.7 Å². The summed E-state index contributed by atoms with van der Waals surface area (Å²) in [6, 6.07) is 15.1. The van der Waals surface area contributed by atoms with Gasteiger partial charge < -0.3 is 14.8 Å². The quantitative estimate of drug-likeness (QED) is 0.828. The van der Waals surface area contributed by atoms with Crippen molar-refractivity contribution in [2.24, 2.45) is 12.5 Å². The second-order valence-corrected chi connectivity index (χ2v) is 8.61. The molecule has 30 heavy (non-hydrogen) atoms. The van der Waals surface area contributed by atoms with Crippen LogP contribution >= 0.6 is 0 Å².